The van der Waals surface area contributed by atoms with Crippen molar-refractivity contribution in [3.05, 3.63) is 24.3 Å². The largest absolute Gasteiger partial charge is 0.381 e. The Bertz CT molecular complexity index is 579. The molecule has 1 heterocycles. The summed E-state index contributed by atoms with van der Waals surface area (Å²) >= 11 is 0. The SMILES string of the molecule is CC(C)C(CN(C)C)Nc1nc2ccccc2nc1N. The van der Waals surface area contributed by atoms with Gasteiger partial charge in [0.2, 0.25) is 0 Å². The molecule has 0 spiro atoms. The summed E-state index contributed by atoms with van der Waals surface area (Å²) in [7, 11) is 4.12. The number of nitrogens with two attached hydrogens (primary N) is 1. The predicted octanol–water partition coefficient (Wildman–Crippen LogP) is 2.21. The van der Waals surface area contributed by atoms with Gasteiger partial charge in [0.1, 0.15) is 0 Å². The molecule has 1 atom stereocenters. The van der Waals surface area contributed by atoms with Crippen molar-refractivity contribution in [2.75, 3.05) is 31.7 Å². The molecule has 0 saturated heterocycles. The van der Waals surface area contributed by atoms with E-state index in [1.54, 1.807) is 0 Å². The molecule has 2 aromatic rings. The Hall–Kier alpha value is -1.88. The van der Waals surface area contributed by atoms with Crippen molar-refractivity contribution in [2.45, 2.75) is 19.9 Å². The van der Waals surface area contributed by atoms with Crippen LogP contribution in [0.15, 0.2) is 24.3 Å². The van der Waals surface area contributed by atoms with Gasteiger partial charge in [0.15, 0.2) is 11.6 Å². The minimum atomic E-state index is 0.280. The Morgan fingerprint density at radius 2 is 1.75 bits per heavy atom. The van der Waals surface area contributed by atoms with E-state index in [1.165, 1.54) is 0 Å². The Kier molecular flexibility index (Phi) is 4.39. The molecule has 0 fully saturated rings. The number of para-hydroxylation sites is 2. The first-order valence-electron chi connectivity index (χ1n) is 6.91. The normalized spacial score (nSPS) is 13.1. The Morgan fingerprint density at radius 1 is 1.15 bits per heavy atom. The lowest BCUT2D eigenvalue weighted by Gasteiger charge is -2.26. The number of nitrogen functional groups attached to an aromatic ring is 1. The number of aromatic nitrogens is 2. The summed E-state index contributed by atoms with van der Waals surface area (Å²) < 4.78 is 0. The van der Waals surface area contributed by atoms with Gasteiger partial charge in [0, 0.05) is 12.6 Å². The number of anilines is 2. The van der Waals surface area contributed by atoms with E-state index in [2.05, 4.69) is 48.1 Å². The van der Waals surface area contributed by atoms with Crippen LogP contribution in [0.2, 0.25) is 0 Å². The molecule has 0 amide bonds. The third-order valence-electron chi connectivity index (χ3n) is 3.29. The van der Waals surface area contributed by atoms with Crippen LogP contribution < -0.4 is 11.1 Å². The van der Waals surface area contributed by atoms with Crippen molar-refractivity contribution in [3.63, 3.8) is 0 Å². The smallest absolute Gasteiger partial charge is 0.169 e. The average Bonchev–Trinajstić information content (AvgIpc) is 2.38. The number of likely N-dealkylation sites (N-methyl/N-ethyl adjacent to an activating group) is 1. The van der Waals surface area contributed by atoms with Crippen LogP contribution in [0.4, 0.5) is 11.6 Å². The first-order chi connectivity index (χ1) is 9.47. The van der Waals surface area contributed by atoms with Gasteiger partial charge in [0.25, 0.3) is 0 Å². The quantitative estimate of drug-likeness (QED) is 0.874. The number of nitrogens with zero attached hydrogens (tertiary/aromatic N) is 3. The van der Waals surface area contributed by atoms with Crippen LogP contribution in [0.3, 0.4) is 0 Å². The molecule has 20 heavy (non-hydrogen) atoms. The zero-order valence-electron chi connectivity index (χ0n) is 12.6. The maximum absolute atomic E-state index is 6.02. The summed E-state index contributed by atoms with van der Waals surface area (Å²) in [6.45, 7) is 5.29. The highest BCUT2D eigenvalue weighted by Crippen LogP contribution is 2.20. The minimum absolute atomic E-state index is 0.280. The van der Waals surface area contributed by atoms with E-state index in [-0.39, 0.29) is 6.04 Å². The summed E-state index contributed by atoms with van der Waals surface area (Å²) in [4.78, 5) is 11.1. The van der Waals surface area contributed by atoms with Crippen LogP contribution in [-0.4, -0.2) is 41.5 Å². The molecule has 5 nitrogen and oxygen atoms in total. The topological polar surface area (TPSA) is 67.1 Å². The second-order valence-electron chi connectivity index (χ2n) is 5.70. The van der Waals surface area contributed by atoms with Gasteiger partial charge in [-0.3, -0.25) is 0 Å². The van der Waals surface area contributed by atoms with Gasteiger partial charge in [-0.15, -0.1) is 0 Å². The molecule has 0 aliphatic rings. The number of rotatable bonds is 5. The van der Waals surface area contributed by atoms with Crippen LogP contribution in [0.5, 0.6) is 0 Å². The Balaban J connectivity index is 2.29. The summed E-state index contributed by atoms with van der Waals surface area (Å²) in [6, 6.07) is 8.04. The number of fused-ring (bicyclic) bond motifs is 1. The summed E-state index contributed by atoms with van der Waals surface area (Å²) in [5.41, 5.74) is 7.70. The van der Waals surface area contributed by atoms with Gasteiger partial charge >= 0.3 is 0 Å². The van der Waals surface area contributed by atoms with Crippen molar-refractivity contribution in [2.24, 2.45) is 5.92 Å². The summed E-state index contributed by atoms with van der Waals surface area (Å²) in [6.07, 6.45) is 0. The second-order valence-corrected chi connectivity index (χ2v) is 5.70. The van der Waals surface area contributed by atoms with Gasteiger partial charge in [-0.25, -0.2) is 9.97 Å². The minimum Gasteiger partial charge on any atom is -0.381 e. The van der Waals surface area contributed by atoms with Gasteiger partial charge in [0.05, 0.1) is 11.0 Å². The average molecular weight is 273 g/mol. The fourth-order valence-electron chi connectivity index (χ4n) is 2.11. The van der Waals surface area contributed by atoms with Crippen molar-refractivity contribution < 1.29 is 0 Å². The monoisotopic (exact) mass is 273 g/mol. The highest BCUT2D eigenvalue weighted by molar-refractivity contribution is 5.79. The molecule has 0 radical (unpaired) electrons. The van der Waals surface area contributed by atoms with Crippen molar-refractivity contribution in [1.29, 1.82) is 0 Å². The lowest BCUT2D eigenvalue weighted by Crippen LogP contribution is -2.37. The number of hydrogen-bond donors (Lipinski definition) is 2. The standard InChI is InChI=1S/C15H23N5/c1-10(2)13(9-20(3)4)19-15-14(16)17-11-7-5-6-8-12(11)18-15/h5-8,10,13H,9H2,1-4H3,(H2,16,17)(H,18,19). The molecule has 1 aromatic carbocycles. The van der Waals surface area contributed by atoms with Crippen LogP contribution in [-0.2, 0) is 0 Å². The van der Waals surface area contributed by atoms with Gasteiger partial charge in [-0.2, -0.15) is 0 Å². The molecule has 1 unspecified atom stereocenters. The van der Waals surface area contributed by atoms with Gasteiger partial charge in [-0.05, 0) is 32.1 Å². The van der Waals surface area contributed by atoms with Crippen LogP contribution in [0, 0.1) is 5.92 Å². The molecule has 0 saturated carbocycles. The molecule has 108 valence electrons. The lowest BCUT2D eigenvalue weighted by molar-refractivity contribution is 0.344. The first-order valence-corrected chi connectivity index (χ1v) is 6.91. The molecule has 3 N–H and O–H groups in total. The van der Waals surface area contributed by atoms with Crippen LogP contribution in [0.25, 0.3) is 11.0 Å². The van der Waals surface area contributed by atoms with Crippen molar-refractivity contribution in [3.8, 4) is 0 Å². The molecule has 0 bridgehead atoms. The fraction of sp³-hybridized carbons (Fsp3) is 0.467. The van der Waals surface area contributed by atoms with E-state index in [4.69, 9.17) is 5.73 Å². The molecule has 1 aromatic heterocycles. The molecule has 5 heteroatoms. The van der Waals surface area contributed by atoms with E-state index >= 15 is 0 Å². The van der Waals surface area contributed by atoms with Gasteiger partial charge in [-0.1, -0.05) is 26.0 Å². The number of nitrogens with one attached hydrogen (secondary N) is 1. The fourth-order valence-corrected chi connectivity index (χ4v) is 2.11. The first kappa shape index (κ1) is 14.5. The van der Waals surface area contributed by atoms with E-state index < -0.39 is 0 Å². The molecule has 0 aliphatic carbocycles. The maximum atomic E-state index is 6.02. The van der Waals surface area contributed by atoms with E-state index in [0.717, 1.165) is 17.6 Å². The van der Waals surface area contributed by atoms with E-state index in [1.807, 2.05) is 24.3 Å². The summed E-state index contributed by atoms with van der Waals surface area (Å²) in [5, 5.41) is 3.43. The zero-order valence-corrected chi connectivity index (χ0v) is 12.6. The third kappa shape index (κ3) is 3.36. The highest BCUT2D eigenvalue weighted by atomic mass is 15.1. The molecular weight excluding hydrogens is 250 g/mol. The van der Waals surface area contributed by atoms with Gasteiger partial charge < -0.3 is 16.0 Å². The van der Waals surface area contributed by atoms with Crippen molar-refractivity contribution in [1.82, 2.24) is 14.9 Å². The molecule has 0 aliphatic heterocycles. The Morgan fingerprint density at radius 3 is 2.30 bits per heavy atom. The highest BCUT2D eigenvalue weighted by Gasteiger charge is 2.17. The Labute approximate surface area is 120 Å². The number of hydrogen-bond acceptors (Lipinski definition) is 5. The maximum Gasteiger partial charge on any atom is 0.169 e. The van der Waals surface area contributed by atoms with Crippen LogP contribution in [0.1, 0.15) is 13.8 Å². The third-order valence-corrected chi connectivity index (χ3v) is 3.29. The predicted molar refractivity (Wildman–Crippen MR) is 84.8 cm³/mol. The second kappa shape index (κ2) is 6.05. The summed E-state index contributed by atoms with van der Waals surface area (Å²) in [5.74, 6) is 1.60. The number of benzene rings is 1. The van der Waals surface area contributed by atoms with E-state index in [0.29, 0.717) is 17.6 Å². The lowest BCUT2D eigenvalue weighted by atomic mass is 10.0. The van der Waals surface area contributed by atoms with Crippen molar-refractivity contribution >= 4 is 22.7 Å². The molecule has 2 rings (SSSR count). The van der Waals surface area contributed by atoms with Crippen LogP contribution >= 0.6 is 0 Å². The zero-order chi connectivity index (χ0) is 14.7. The molecular formula is C15H23N5. The van der Waals surface area contributed by atoms with E-state index in [9.17, 15) is 0 Å².